The van der Waals surface area contributed by atoms with Crippen molar-refractivity contribution in [2.45, 2.75) is 39.4 Å². The summed E-state index contributed by atoms with van der Waals surface area (Å²) in [5.74, 6) is -0.411. The monoisotopic (exact) mass is 644 g/mol. The van der Waals surface area contributed by atoms with Crippen LogP contribution in [-0.4, -0.2) is 44.0 Å². The van der Waals surface area contributed by atoms with Crippen LogP contribution in [0.25, 0.3) is 21.5 Å². The van der Waals surface area contributed by atoms with Crippen molar-refractivity contribution in [1.29, 1.82) is 0 Å². The first-order valence-corrected chi connectivity index (χ1v) is 15.9. The molecule has 0 aliphatic rings. The molecule has 0 spiro atoms. The summed E-state index contributed by atoms with van der Waals surface area (Å²) < 4.78 is 16.1. The molecule has 0 bridgehead atoms. The van der Waals surface area contributed by atoms with Gasteiger partial charge in [0.25, 0.3) is 0 Å². The molecule has 2 amide bonds. The molecule has 0 fully saturated rings. The van der Waals surface area contributed by atoms with Gasteiger partial charge in [0, 0.05) is 35.6 Å². The van der Waals surface area contributed by atoms with Crippen molar-refractivity contribution in [2.75, 3.05) is 30.0 Å². The number of methoxy groups -OCH3 is 1. The van der Waals surface area contributed by atoms with Gasteiger partial charge in [-0.3, -0.25) is 0 Å². The smallest absolute Gasteiger partial charge is 0.424 e. The molecule has 0 aliphatic carbocycles. The number of fused-ring (bicyclic) bond motifs is 2. The maximum absolute atomic E-state index is 13.6. The molecule has 0 saturated carbocycles. The highest BCUT2D eigenvalue weighted by atomic mass is 16.6. The number of amides is 2. The molecule has 0 saturated heterocycles. The third-order valence-electron chi connectivity index (χ3n) is 7.67. The topological polar surface area (TPSA) is 85.4 Å². The molecule has 0 atom stereocenters. The van der Waals surface area contributed by atoms with E-state index in [9.17, 15) is 14.4 Å². The van der Waals surface area contributed by atoms with E-state index >= 15 is 0 Å². The number of anilines is 2. The van der Waals surface area contributed by atoms with E-state index in [0.29, 0.717) is 24.2 Å². The Labute approximate surface area is 281 Å². The molecule has 0 N–H and O–H groups in total. The van der Waals surface area contributed by atoms with Gasteiger partial charge in [-0.15, -0.1) is 0 Å². The second kappa shape index (κ2) is 15.3. The third-order valence-corrected chi connectivity index (χ3v) is 7.67. The molecule has 5 aromatic rings. The van der Waals surface area contributed by atoms with Crippen LogP contribution in [0.4, 0.5) is 21.0 Å². The molecule has 0 unspecified atom stereocenters. The first-order chi connectivity index (χ1) is 23.1. The summed E-state index contributed by atoms with van der Waals surface area (Å²) >= 11 is 0. The van der Waals surface area contributed by atoms with E-state index < -0.39 is 23.8 Å². The number of rotatable bonds is 10. The lowest BCUT2D eigenvalue weighted by Gasteiger charge is -2.27. The van der Waals surface area contributed by atoms with Crippen LogP contribution in [0, 0.1) is 0 Å². The largest absolute Gasteiger partial charge is 0.466 e. The van der Waals surface area contributed by atoms with Crippen LogP contribution in [0.15, 0.2) is 121 Å². The number of benzene rings is 5. The second-order valence-corrected chi connectivity index (χ2v) is 12.3. The van der Waals surface area contributed by atoms with E-state index in [-0.39, 0.29) is 6.61 Å². The highest BCUT2D eigenvalue weighted by Gasteiger charge is 2.31. The summed E-state index contributed by atoms with van der Waals surface area (Å²) in [6.45, 7) is 6.44. The molecule has 8 heteroatoms. The van der Waals surface area contributed by atoms with E-state index in [0.717, 1.165) is 38.7 Å². The Hall–Kier alpha value is -5.63. The minimum Gasteiger partial charge on any atom is -0.466 e. The number of esters is 1. The molecule has 0 aromatic heterocycles. The van der Waals surface area contributed by atoms with Gasteiger partial charge in [-0.1, -0.05) is 91.0 Å². The van der Waals surface area contributed by atoms with Crippen molar-refractivity contribution in [3.63, 3.8) is 0 Å². The number of carbonyl (C=O) groups excluding carboxylic acids is 3. The predicted molar refractivity (Wildman–Crippen MR) is 190 cm³/mol. The molecule has 0 heterocycles. The molecule has 0 aliphatic heterocycles. The number of carbonyl (C=O) groups is 3. The zero-order valence-electron chi connectivity index (χ0n) is 27.7. The number of hydrogen-bond donors (Lipinski definition) is 0. The van der Waals surface area contributed by atoms with Crippen LogP contribution >= 0.6 is 0 Å². The fourth-order valence-corrected chi connectivity index (χ4v) is 5.41. The van der Waals surface area contributed by atoms with Crippen LogP contribution in [-0.2, 0) is 32.0 Å². The Morgan fingerprint density at radius 1 is 0.708 bits per heavy atom. The minimum atomic E-state index is -0.841. The molecule has 5 aromatic carbocycles. The van der Waals surface area contributed by atoms with Gasteiger partial charge in [-0.25, -0.2) is 14.4 Å². The summed E-state index contributed by atoms with van der Waals surface area (Å²) in [7, 11) is 1.36. The number of hydrogen-bond acceptors (Lipinski definition) is 7. The minimum absolute atomic E-state index is 0.000726. The van der Waals surface area contributed by atoms with Crippen molar-refractivity contribution >= 4 is 51.1 Å². The van der Waals surface area contributed by atoms with Crippen molar-refractivity contribution in [3.05, 3.63) is 132 Å². The van der Waals surface area contributed by atoms with Crippen LogP contribution in [0.5, 0.6) is 0 Å². The van der Waals surface area contributed by atoms with Gasteiger partial charge < -0.3 is 19.1 Å². The lowest BCUT2D eigenvalue weighted by atomic mass is 10.00. The van der Waals surface area contributed by atoms with E-state index in [1.807, 2.05) is 72.8 Å². The Morgan fingerprint density at radius 2 is 1.29 bits per heavy atom. The van der Waals surface area contributed by atoms with Gasteiger partial charge in [0.1, 0.15) is 12.2 Å². The maximum atomic E-state index is 13.6. The first-order valence-electron chi connectivity index (χ1n) is 15.9. The van der Waals surface area contributed by atoms with Crippen LogP contribution in [0.1, 0.15) is 31.9 Å². The Bertz CT molecular complexity index is 1920. The second-order valence-electron chi connectivity index (χ2n) is 12.3. The summed E-state index contributed by atoms with van der Waals surface area (Å²) in [5.41, 5.74) is 2.50. The third kappa shape index (κ3) is 8.59. The SMILES string of the molecule is COC(=O)/C=C/CN(CCc1ccccc1)c1cccc2cc3c(N(C(=O)OCc4ccccc4)C(=O)OC(C)(C)C)cccc3cc12. The fourth-order valence-electron chi connectivity index (χ4n) is 5.41. The van der Waals surface area contributed by atoms with E-state index in [4.69, 9.17) is 14.2 Å². The lowest BCUT2D eigenvalue weighted by Crippen LogP contribution is -2.41. The summed E-state index contributed by atoms with van der Waals surface area (Å²) in [6.07, 6.45) is 2.38. The number of nitrogens with zero attached hydrogens (tertiary/aromatic N) is 2. The van der Waals surface area contributed by atoms with Crippen molar-refractivity contribution in [2.24, 2.45) is 0 Å². The zero-order chi connectivity index (χ0) is 34.1. The molecular formula is C40H40N2O6. The van der Waals surface area contributed by atoms with Gasteiger partial charge >= 0.3 is 18.2 Å². The quantitative estimate of drug-likeness (QED) is 0.0650. The Balaban J connectivity index is 1.55. The van der Waals surface area contributed by atoms with Gasteiger partial charge in [0.2, 0.25) is 0 Å². The molecule has 8 nitrogen and oxygen atoms in total. The molecule has 246 valence electrons. The summed E-state index contributed by atoms with van der Waals surface area (Å²) in [6, 6.07) is 35.1. The van der Waals surface area contributed by atoms with Gasteiger partial charge in [-0.05, 0) is 73.4 Å². The van der Waals surface area contributed by atoms with Crippen molar-refractivity contribution < 1.29 is 28.6 Å². The molecular weight excluding hydrogens is 604 g/mol. The van der Waals surface area contributed by atoms with Gasteiger partial charge in [-0.2, -0.15) is 4.90 Å². The Morgan fingerprint density at radius 3 is 1.90 bits per heavy atom. The van der Waals surface area contributed by atoms with E-state index in [1.165, 1.54) is 18.7 Å². The standard InChI is InChI=1S/C40H40N2O6/c1-40(2,3)48-39(45)42(38(44)47-28-30-16-9-6-10-17-30)36-21-12-19-32-26-33-31(27-34(32)36)18-11-20-35(33)41(24-13-22-37(43)46-4)25-23-29-14-7-5-8-15-29/h5-22,26-27H,23-25,28H2,1-4H3/b22-13+. The van der Waals surface area contributed by atoms with Gasteiger partial charge in [0.05, 0.1) is 12.8 Å². The predicted octanol–water partition coefficient (Wildman–Crippen LogP) is 8.85. The molecule has 48 heavy (non-hydrogen) atoms. The Kier molecular flexibility index (Phi) is 10.8. The van der Waals surface area contributed by atoms with E-state index in [2.05, 4.69) is 29.2 Å². The van der Waals surface area contributed by atoms with Crippen LogP contribution in [0.3, 0.4) is 0 Å². The van der Waals surface area contributed by atoms with Crippen molar-refractivity contribution in [1.82, 2.24) is 0 Å². The summed E-state index contributed by atoms with van der Waals surface area (Å²) in [5, 5.41) is 3.41. The molecule has 0 radical (unpaired) electrons. The normalized spacial score (nSPS) is 11.4. The van der Waals surface area contributed by atoms with E-state index in [1.54, 1.807) is 39.0 Å². The van der Waals surface area contributed by atoms with Gasteiger partial charge in [0.15, 0.2) is 0 Å². The number of imide groups is 1. The fraction of sp³-hybridized carbons (Fsp3) is 0.225. The first kappa shape index (κ1) is 33.7. The highest BCUT2D eigenvalue weighted by Crippen LogP contribution is 2.36. The highest BCUT2D eigenvalue weighted by molar-refractivity contribution is 6.17. The number of ether oxygens (including phenoxy) is 3. The maximum Gasteiger partial charge on any atom is 0.424 e. The average molecular weight is 645 g/mol. The van der Waals surface area contributed by atoms with Crippen LogP contribution < -0.4 is 9.80 Å². The van der Waals surface area contributed by atoms with Crippen LogP contribution in [0.2, 0.25) is 0 Å². The lowest BCUT2D eigenvalue weighted by molar-refractivity contribution is -0.134. The van der Waals surface area contributed by atoms with Crippen molar-refractivity contribution in [3.8, 4) is 0 Å². The molecule has 5 rings (SSSR count). The average Bonchev–Trinajstić information content (AvgIpc) is 3.08. The zero-order valence-corrected chi connectivity index (χ0v) is 27.7. The summed E-state index contributed by atoms with van der Waals surface area (Å²) in [4.78, 5) is 42.2.